The zero-order valence-corrected chi connectivity index (χ0v) is 9.19. The van der Waals surface area contributed by atoms with Crippen LogP contribution in [0.25, 0.3) is 0 Å². The molecular weight excluding hydrogens is 190 g/mol. The number of rotatable bonds is 3. The third kappa shape index (κ3) is 1.80. The van der Waals surface area contributed by atoms with Gasteiger partial charge in [0.05, 0.1) is 5.69 Å². The van der Waals surface area contributed by atoms with Crippen molar-refractivity contribution in [2.45, 2.75) is 13.0 Å². The number of nitrogens with zero attached hydrogens (tertiary/aromatic N) is 2. The third-order valence-electron chi connectivity index (χ3n) is 2.49. The first-order chi connectivity index (χ1) is 7.22. The Labute approximate surface area is 88.9 Å². The molecule has 0 amide bonds. The number of nitrogens with one attached hydrogen (secondary N) is 1. The van der Waals surface area contributed by atoms with E-state index in [4.69, 9.17) is 4.42 Å². The lowest BCUT2D eigenvalue weighted by atomic mass is 10.1. The molecule has 0 saturated carbocycles. The SMILES string of the molecule is CNC(c1ccc(C)o1)c1ccnn1C. The number of hydrogen-bond acceptors (Lipinski definition) is 3. The van der Waals surface area contributed by atoms with Crippen molar-refractivity contribution in [3.8, 4) is 0 Å². The molecule has 0 fully saturated rings. The zero-order valence-electron chi connectivity index (χ0n) is 9.19. The molecule has 0 saturated heterocycles. The van der Waals surface area contributed by atoms with Gasteiger partial charge in [0.2, 0.25) is 0 Å². The molecule has 4 heteroatoms. The van der Waals surface area contributed by atoms with E-state index in [0.29, 0.717) is 0 Å². The average molecular weight is 205 g/mol. The van der Waals surface area contributed by atoms with Gasteiger partial charge < -0.3 is 9.73 Å². The van der Waals surface area contributed by atoms with E-state index in [-0.39, 0.29) is 6.04 Å². The lowest BCUT2D eigenvalue weighted by molar-refractivity contribution is 0.433. The van der Waals surface area contributed by atoms with Crippen LogP contribution in [-0.4, -0.2) is 16.8 Å². The van der Waals surface area contributed by atoms with E-state index in [1.165, 1.54) is 0 Å². The van der Waals surface area contributed by atoms with Gasteiger partial charge in [-0.25, -0.2) is 0 Å². The van der Waals surface area contributed by atoms with E-state index in [1.54, 1.807) is 6.20 Å². The van der Waals surface area contributed by atoms with Gasteiger partial charge in [0.25, 0.3) is 0 Å². The minimum absolute atomic E-state index is 0.0613. The Bertz CT molecular complexity index is 444. The van der Waals surface area contributed by atoms with Gasteiger partial charge in [-0.2, -0.15) is 5.10 Å². The Hall–Kier alpha value is -1.55. The van der Waals surface area contributed by atoms with Crippen LogP contribution in [0.4, 0.5) is 0 Å². The van der Waals surface area contributed by atoms with Gasteiger partial charge in [0, 0.05) is 13.2 Å². The topological polar surface area (TPSA) is 43.0 Å². The molecule has 2 aromatic rings. The molecule has 15 heavy (non-hydrogen) atoms. The summed E-state index contributed by atoms with van der Waals surface area (Å²) in [5.74, 6) is 1.84. The van der Waals surface area contributed by atoms with Crippen LogP contribution >= 0.6 is 0 Å². The van der Waals surface area contributed by atoms with Gasteiger partial charge in [0.1, 0.15) is 17.6 Å². The molecule has 1 unspecified atom stereocenters. The highest BCUT2D eigenvalue weighted by Crippen LogP contribution is 2.22. The molecule has 1 N–H and O–H groups in total. The van der Waals surface area contributed by atoms with Crippen molar-refractivity contribution in [3.05, 3.63) is 41.6 Å². The minimum Gasteiger partial charge on any atom is -0.464 e. The number of aromatic nitrogens is 2. The number of hydrogen-bond donors (Lipinski definition) is 1. The van der Waals surface area contributed by atoms with Crippen molar-refractivity contribution in [1.29, 1.82) is 0 Å². The van der Waals surface area contributed by atoms with Crippen LogP contribution in [0.5, 0.6) is 0 Å². The number of aryl methyl sites for hydroxylation is 2. The van der Waals surface area contributed by atoms with Gasteiger partial charge in [-0.15, -0.1) is 0 Å². The molecule has 0 spiro atoms. The summed E-state index contributed by atoms with van der Waals surface area (Å²) in [7, 11) is 3.84. The van der Waals surface area contributed by atoms with Crippen LogP contribution in [0.3, 0.4) is 0 Å². The lowest BCUT2D eigenvalue weighted by Crippen LogP contribution is -2.20. The van der Waals surface area contributed by atoms with Crippen molar-refractivity contribution in [2.75, 3.05) is 7.05 Å². The van der Waals surface area contributed by atoms with Crippen LogP contribution in [0.2, 0.25) is 0 Å². The molecular formula is C11H15N3O. The fraction of sp³-hybridized carbons (Fsp3) is 0.364. The molecule has 0 aromatic carbocycles. The summed E-state index contributed by atoms with van der Waals surface area (Å²) in [4.78, 5) is 0. The maximum absolute atomic E-state index is 5.61. The molecule has 1 atom stereocenters. The highest BCUT2D eigenvalue weighted by molar-refractivity contribution is 5.20. The molecule has 0 aliphatic carbocycles. The molecule has 4 nitrogen and oxygen atoms in total. The molecule has 0 aliphatic rings. The molecule has 2 rings (SSSR count). The summed E-state index contributed by atoms with van der Waals surface area (Å²) < 4.78 is 7.46. The summed E-state index contributed by atoms with van der Waals surface area (Å²) in [6, 6.07) is 6.00. The molecule has 0 aliphatic heterocycles. The number of furan rings is 1. The standard InChI is InChI=1S/C11H15N3O/c1-8-4-5-10(15-8)11(12-2)9-6-7-13-14(9)3/h4-7,11-12H,1-3H3. The maximum atomic E-state index is 5.61. The van der Waals surface area contributed by atoms with Crippen LogP contribution in [0.15, 0.2) is 28.8 Å². The Morgan fingerprint density at radius 2 is 2.20 bits per heavy atom. The highest BCUT2D eigenvalue weighted by Gasteiger charge is 2.18. The van der Waals surface area contributed by atoms with E-state index in [2.05, 4.69) is 10.4 Å². The van der Waals surface area contributed by atoms with Gasteiger partial charge >= 0.3 is 0 Å². The summed E-state index contributed by atoms with van der Waals surface area (Å²) in [5.41, 5.74) is 1.09. The molecule has 80 valence electrons. The summed E-state index contributed by atoms with van der Waals surface area (Å²) >= 11 is 0. The van der Waals surface area contributed by atoms with Crippen molar-refractivity contribution >= 4 is 0 Å². The van der Waals surface area contributed by atoms with Gasteiger partial charge in [0.15, 0.2) is 0 Å². The summed E-state index contributed by atoms with van der Waals surface area (Å²) in [6.45, 7) is 1.94. The second-order valence-corrected chi connectivity index (χ2v) is 3.55. The Morgan fingerprint density at radius 1 is 1.40 bits per heavy atom. The van der Waals surface area contributed by atoms with E-state index in [0.717, 1.165) is 17.2 Å². The second-order valence-electron chi connectivity index (χ2n) is 3.55. The monoisotopic (exact) mass is 205 g/mol. The van der Waals surface area contributed by atoms with E-state index >= 15 is 0 Å². The first-order valence-corrected chi connectivity index (χ1v) is 4.94. The maximum Gasteiger partial charge on any atom is 0.127 e. The van der Waals surface area contributed by atoms with Crippen molar-refractivity contribution in [2.24, 2.45) is 7.05 Å². The van der Waals surface area contributed by atoms with Crippen molar-refractivity contribution < 1.29 is 4.42 Å². The normalized spacial score (nSPS) is 13.0. The Morgan fingerprint density at radius 3 is 2.67 bits per heavy atom. The summed E-state index contributed by atoms with van der Waals surface area (Å²) in [6.07, 6.45) is 1.79. The lowest BCUT2D eigenvalue weighted by Gasteiger charge is -2.13. The molecule has 0 radical (unpaired) electrons. The fourth-order valence-electron chi connectivity index (χ4n) is 1.71. The summed E-state index contributed by atoms with van der Waals surface area (Å²) in [5, 5.41) is 7.37. The van der Waals surface area contributed by atoms with Crippen molar-refractivity contribution in [3.63, 3.8) is 0 Å². The zero-order chi connectivity index (χ0) is 10.8. The predicted molar refractivity (Wildman–Crippen MR) is 57.6 cm³/mol. The highest BCUT2D eigenvalue weighted by atomic mass is 16.3. The Balaban J connectivity index is 2.36. The molecule has 2 aromatic heterocycles. The average Bonchev–Trinajstić information content (AvgIpc) is 2.79. The van der Waals surface area contributed by atoms with E-state index in [9.17, 15) is 0 Å². The second kappa shape index (κ2) is 3.90. The van der Waals surface area contributed by atoms with Gasteiger partial charge in [-0.05, 0) is 32.2 Å². The van der Waals surface area contributed by atoms with E-state index in [1.807, 2.05) is 43.9 Å². The fourth-order valence-corrected chi connectivity index (χ4v) is 1.71. The van der Waals surface area contributed by atoms with Crippen molar-refractivity contribution in [1.82, 2.24) is 15.1 Å². The van der Waals surface area contributed by atoms with Crippen LogP contribution < -0.4 is 5.32 Å². The first-order valence-electron chi connectivity index (χ1n) is 4.94. The first kappa shape index (κ1) is 9.98. The largest absolute Gasteiger partial charge is 0.464 e. The minimum atomic E-state index is 0.0613. The smallest absolute Gasteiger partial charge is 0.127 e. The van der Waals surface area contributed by atoms with Crippen LogP contribution in [0, 0.1) is 6.92 Å². The Kier molecular flexibility index (Phi) is 2.60. The molecule has 2 heterocycles. The van der Waals surface area contributed by atoms with Crippen LogP contribution in [0.1, 0.15) is 23.3 Å². The van der Waals surface area contributed by atoms with Gasteiger partial charge in [-0.1, -0.05) is 0 Å². The quantitative estimate of drug-likeness (QED) is 0.828. The van der Waals surface area contributed by atoms with Crippen LogP contribution in [-0.2, 0) is 7.05 Å². The van der Waals surface area contributed by atoms with Gasteiger partial charge in [-0.3, -0.25) is 4.68 Å². The molecule has 0 bridgehead atoms. The predicted octanol–water partition coefficient (Wildman–Crippen LogP) is 1.63. The van der Waals surface area contributed by atoms with E-state index < -0.39 is 0 Å². The third-order valence-corrected chi connectivity index (χ3v) is 2.49.